The number of methoxy groups -OCH3 is 1. The summed E-state index contributed by atoms with van der Waals surface area (Å²) in [5.41, 5.74) is 2.32. The van der Waals surface area contributed by atoms with Gasteiger partial charge in [0.1, 0.15) is 30.0 Å². The highest BCUT2D eigenvalue weighted by Gasteiger charge is 2.24. The molecule has 1 aromatic carbocycles. The molecule has 1 unspecified atom stereocenters. The molecule has 1 aliphatic rings. The van der Waals surface area contributed by atoms with Crippen molar-refractivity contribution in [3.05, 3.63) is 66.1 Å². The fourth-order valence-electron chi connectivity index (χ4n) is 3.86. The first-order valence-corrected chi connectivity index (χ1v) is 9.71. The Morgan fingerprint density at radius 3 is 2.76 bits per heavy atom. The zero-order chi connectivity index (χ0) is 20.2. The number of hydrogen-bond donors (Lipinski definition) is 0. The van der Waals surface area contributed by atoms with E-state index in [2.05, 4.69) is 43.9 Å². The molecule has 0 radical (unpaired) electrons. The van der Waals surface area contributed by atoms with E-state index >= 15 is 0 Å². The maximum atomic E-state index is 13.2. The largest absolute Gasteiger partial charge is 0.496 e. The molecule has 7 nitrogen and oxygen atoms in total. The Bertz CT molecular complexity index is 931. The van der Waals surface area contributed by atoms with Crippen molar-refractivity contribution in [1.29, 1.82) is 0 Å². The number of aromatic nitrogens is 4. The van der Waals surface area contributed by atoms with Gasteiger partial charge in [0, 0.05) is 37.8 Å². The van der Waals surface area contributed by atoms with Gasteiger partial charge in [-0.25, -0.2) is 19.0 Å². The van der Waals surface area contributed by atoms with Crippen LogP contribution in [0.1, 0.15) is 18.1 Å². The Morgan fingerprint density at radius 1 is 1.17 bits per heavy atom. The molecule has 0 N–H and O–H groups in total. The van der Waals surface area contributed by atoms with Gasteiger partial charge in [0.2, 0.25) is 0 Å². The normalized spacial score (nSPS) is 17.5. The first-order valence-electron chi connectivity index (χ1n) is 9.71. The Morgan fingerprint density at radius 2 is 2.07 bits per heavy atom. The summed E-state index contributed by atoms with van der Waals surface area (Å²) in [6, 6.07) is 9.83. The molecule has 3 aromatic rings. The van der Waals surface area contributed by atoms with E-state index < -0.39 is 0 Å². The van der Waals surface area contributed by atoms with Crippen molar-refractivity contribution in [3.8, 4) is 5.75 Å². The van der Waals surface area contributed by atoms with Crippen LogP contribution in [0.25, 0.3) is 0 Å². The number of hydrogen-bond acceptors (Lipinski definition) is 6. The number of pyridine rings is 1. The molecule has 3 heterocycles. The number of halogens is 1. The molecule has 8 heteroatoms. The van der Waals surface area contributed by atoms with Crippen LogP contribution in [0.4, 0.5) is 10.2 Å². The molecule has 1 atom stereocenters. The van der Waals surface area contributed by atoms with E-state index in [-0.39, 0.29) is 5.82 Å². The molecule has 29 heavy (non-hydrogen) atoms. The number of anilines is 1. The van der Waals surface area contributed by atoms with Crippen molar-refractivity contribution in [1.82, 2.24) is 24.6 Å². The smallest absolute Gasteiger partial charge is 0.141 e. The van der Waals surface area contributed by atoms with Gasteiger partial charge in [0.25, 0.3) is 0 Å². The molecule has 1 aliphatic heterocycles. The molecule has 0 bridgehead atoms. The first kappa shape index (κ1) is 19.3. The molecule has 4 rings (SSSR count). The van der Waals surface area contributed by atoms with Crippen molar-refractivity contribution in [2.45, 2.75) is 26.1 Å². The van der Waals surface area contributed by atoms with E-state index in [1.807, 2.05) is 6.07 Å². The van der Waals surface area contributed by atoms with Crippen LogP contribution in [-0.4, -0.2) is 57.4 Å². The van der Waals surface area contributed by atoms with Crippen LogP contribution in [0.2, 0.25) is 0 Å². The lowest BCUT2D eigenvalue weighted by Gasteiger charge is -2.40. The SMILES string of the molecule is COc1ccc(CN2CCN(c3ccc(F)cn3)C(C)C2)cc1Cn1cncn1. The maximum absolute atomic E-state index is 13.2. The van der Waals surface area contributed by atoms with Crippen LogP contribution >= 0.6 is 0 Å². The fourth-order valence-corrected chi connectivity index (χ4v) is 3.86. The fraction of sp³-hybridized carbons (Fsp3) is 0.381. The van der Waals surface area contributed by atoms with E-state index in [4.69, 9.17) is 4.74 Å². The molecular formula is C21H25FN6O. The molecular weight excluding hydrogens is 371 g/mol. The summed E-state index contributed by atoms with van der Waals surface area (Å²) in [6.07, 6.45) is 4.52. The van der Waals surface area contributed by atoms with E-state index in [9.17, 15) is 4.39 Å². The highest BCUT2D eigenvalue weighted by molar-refractivity contribution is 5.40. The standard InChI is InChI=1S/C21H25FN6O/c1-16-11-26(7-8-28(16)21-6-4-19(22)10-24-21)12-17-3-5-20(29-2)18(9-17)13-27-15-23-14-25-27/h3-6,9-10,14-16H,7-8,11-13H2,1-2H3. The molecule has 1 saturated heterocycles. The van der Waals surface area contributed by atoms with Crippen molar-refractivity contribution < 1.29 is 9.13 Å². The molecule has 1 fully saturated rings. The third-order valence-corrected chi connectivity index (χ3v) is 5.27. The lowest BCUT2D eigenvalue weighted by Crippen LogP contribution is -2.51. The predicted molar refractivity (Wildman–Crippen MR) is 108 cm³/mol. The van der Waals surface area contributed by atoms with Gasteiger partial charge in [-0.05, 0) is 36.8 Å². The second-order valence-electron chi connectivity index (χ2n) is 7.35. The van der Waals surface area contributed by atoms with Crippen LogP contribution in [0.3, 0.4) is 0 Å². The minimum Gasteiger partial charge on any atom is -0.496 e. The zero-order valence-corrected chi connectivity index (χ0v) is 16.7. The first-order chi connectivity index (χ1) is 14.1. The van der Waals surface area contributed by atoms with Gasteiger partial charge in [0.15, 0.2) is 0 Å². The Kier molecular flexibility index (Phi) is 5.71. The van der Waals surface area contributed by atoms with E-state index in [1.54, 1.807) is 24.2 Å². The molecule has 152 valence electrons. The van der Waals surface area contributed by atoms with Crippen LogP contribution in [0, 0.1) is 5.82 Å². The van der Waals surface area contributed by atoms with Gasteiger partial charge in [-0.15, -0.1) is 0 Å². The van der Waals surface area contributed by atoms with Gasteiger partial charge < -0.3 is 9.64 Å². The average molecular weight is 396 g/mol. The minimum absolute atomic E-state index is 0.301. The molecule has 0 saturated carbocycles. The van der Waals surface area contributed by atoms with E-state index in [0.29, 0.717) is 12.6 Å². The van der Waals surface area contributed by atoms with E-state index in [1.165, 1.54) is 24.2 Å². The third-order valence-electron chi connectivity index (χ3n) is 5.27. The summed E-state index contributed by atoms with van der Waals surface area (Å²) in [7, 11) is 1.68. The lowest BCUT2D eigenvalue weighted by molar-refractivity contribution is 0.220. The summed E-state index contributed by atoms with van der Waals surface area (Å²) in [6.45, 7) is 6.38. The number of nitrogens with zero attached hydrogens (tertiary/aromatic N) is 6. The minimum atomic E-state index is -0.304. The Labute approximate surface area is 169 Å². The summed E-state index contributed by atoms with van der Waals surface area (Å²) >= 11 is 0. The second-order valence-corrected chi connectivity index (χ2v) is 7.35. The molecule has 0 spiro atoms. The Balaban J connectivity index is 1.42. The van der Waals surface area contributed by atoms with Gasteiger partial charge in [-0.1, -0.05) is 6.07 Å². The maximum Gasteiger partial charge on any atom is 0.141 e. The highest BCUT2D eigenvalue weighted by atomic mass is 19.1. The van der Waals surface area contributed by atoms with Crippen LogP contribution in [0.15, 0.2) is 49.2 Å². The van der Waals surface area contributed by atoms with Crippen LogP contribution in [0.5, 0.6) is 5.75 Å². The van der Waals surface area contributed by atoms with Crippen LogP contribution in [-0.2, 0) is 13.1 Å². The average Bonchev–Trinajstić information content (AvgIpc) is 3.22. The molecule has 2 aromatic heterocycles. The van der Waals surface area contributed by atoms with Gasteiger partial charge in [-0.3, -0.25) is 4.90 Å². The van der Waals surface area contributed by atoms with Crippen LogP contribution < -0.4 is 9.64 Å². The second kappa shape index (κ2) is 8.57. The number of piperazine rings is 1. The van der Waals surface area contributed by atoms with Gasteiger partial charge in [-0.2, -0.15) is 5.10 Å². The number of ether oxygens (including phenoxy) is 1. The Hall–Kier alpha value is -3.00. The summed E-state index contributed by atoms with van der Waals surface area (Å²) in [5, 5.41) is 4.19. The van der Waals surface area contributed by atoms with Gasteiger partial charge in [0.05, 0.1) is 19.9 Å². The van der Waals surface area contributed by atoms with Crippen molar-refractivity contribution in [2.24, 2.45) is 0 Å². The van der Waals surface area contributed by atoms with E-state index in [0.717, 1.165) is 43.3 Å². The summed E-state index contributed by atoms with van der Waals surface area (Å²) < 4.78 is 20.5. The zero-order valence-electron chi connectivity index (χ0n) is 16.7. The topological polar surface area (TPSA) is 59.3 Å². The van der Waals surface area contributed by atoms with Crippen molar-refractivity contribution >= 4 is 5.82 Å². The third kappa shape index (κ3) is 4.54. The molecule has 0 amide bonds. The van der Waals surface area contributed by atoms with Crippen molar-refractivity contribution in [3.63, 3.8) is 0 Å². The quantitative estimate of drug-likeness (QED) is 0.638. The lowest BCUT2D eigenvalue weighted by atomic mass is 10.1. The number of benzene rings is 1. The van der Waals surface area contributed by atoms with Crippen molar-refractivity contribution in [2.75, 3.05) is 31.6 Å². The predicted octanol–water partition coefficient (Wildman–Crippen LogP) is 2.58. The summed E-state index contributed by atoms with van der Waals surface area (Å²) in [5.74, 6) is 1.38. The monoisotopic (exact) mass is 396 g/mol. The molecule has 0 aliphatic carbocycles. The number of rotatable bonds is 6. The summed E-state index contributed by atoms with van der Waals surface area (Å²) in [4.78, 5) is 12.9. The van der Waals surface area contributed by atoms with Gasteiger partial charge >= 0.3 is 0 Å². The highest BCUT2D eigenvalue weighted by Crippen LogP contribution is 2.23.